The highest BCUT2D eigenvalue weighted by molar-refractivity contribution is 6.30. The summed E-state index contributed by atoms with van der Waals surface area (Å²) in [5.41, 5.74) is 3.86. The van der Waals surface area contributed by atoms with E-state index in [1.54, 1.807) is 4.90 Å². The molecule has 2 amide bonds. The average Bonchev–Trinajstić information content (AvgIpc) is 2.98. The first-order valence-electron chi connectivity index (χ1n) is 9.85. The predicted molar refractivity (Wildman–Crippen MR) is 118 cm³/mol. The molecule has 1 aliphatic heterocycles. The van der Waals surface area contributed by atoms with E-state index < -0.39 is 0 Å². The van der Waals surface area contributed by atoms with Gasteiger partial charge in [-0.05, 0) is 47.5 Å². The molecule has 5 nitrogen and oxygen atoms in total. The van der Waals surface area contributed by atoms with Crippen molar-refractivity contribution in [3.05, 3.63) is 94.5 Å². The largest absolute Gasteiger partial charge is 0.491 e. The van der Waals surface area contributed by atoms with E-state index in [4.69, 9.17) is 21.1 Å². The summed E-state index contributed by atoms with van der Waals surface area (Å²) in [4.78, 5) is 14.5. The minimum absolute atomic E-state index is 0.137. The Balaban J connectivity index is 1.38. The van der Waals surface area contributed by atoms with Crippen LogP contribution in [0.1, 0.15) is 16.7 Å². The van der Waals surface area contributed by atoms with Gasteiger partial charge in [0.1, 0.15) is 12.4 Å². The van der Waals surface area contributed by atoms with Gasteiger partial charge in [0, 0.05) is 16.3 Å². The van der Waals surface area contributed by atoms with E-state index in [0.29, 0.717) is 37.9 Å². The Bertz CT molecular complexity index is 993. The Labute approximate surface area is 181 Å². The quantitative estimate of drug-likeness (QED) is 0.592. The first kappa shape index (κ1) is 20.3. The summed E-state index contributed by atoms with van der Waals surface area (Å²) in [5, 5.41) is 3.65. The van der Waals surface area contributed by atoms with Crippen LogP contribution in [0.2, 0.25) is 5.02 Å². The number of urea groups is 1. The van der Waals surface area contributed by atoms with Crippen LogP contribution in [0.5, 0.6) is 5.75 Å². The SMILES string of the molecule is O=C(Nc1ccccc1)N1CCOc2ccc(COCc3ccc(Cl)cc3)cc2C1. The molecule has 0 saturated carbocycles. The second kappa shape index (κ2) is 9.65. The molecule has 1 N–H and O–H groups in total. The number of carbonyl (C=O) groups is 1. The van der Waals surface area contributed by atoms with Gasteiger partial charge in [-0.3, -0.25) is 0 Å². The fraction of sp³-hybridized carbons (Fsp3) is 0.208. The molecular weight excluding hydrogens is 400 g/mol. The number of ether oxygens (including phenoxy) is 2. The number of nitrogens with zero attached hydrogens (tertiary/aromatic N) is 1. The molecule has 0 aromatic heterocycles. The zero-order chi connectivity index (χ0) is 20.8. The van der Waals surface area contributed by atoms with Crippen LogP contribution in [-0.2, 0) is 24.5 Å². The van der Waals surface area contributed by atoms with Crippen molar-refractivity contribution in [2.24, 2.45) is 0 Å². The van der Waals surface area contributed by atoms with Gasteiger partial charge in [0.05, 0.1) is 26.3 Å². The third kappa shape index (κ3) is 5.32. The van der Waals surface area contributed by atoms with Crippen LogP contribution in [0.3, 0.4) is 0 Å². The zero-order valence-electron chi connectivity index (χ0n) is 16.5. The Morgan fingerprint density at radius 2 is 1.73 bits per heavy atom. The first-order chi connectivity index (χ1) is 14.7. The fourth-order valence-electron chi connectivity index (χ4n) is 3.30. The number of fused-ring (bicyclic) bond motifs is 1. The topological polar surface area (TPSA) is 50.8 Å². The highest BCUT2D eigenvalue weighted by Gasteiger charge is 2.20. The van der Waals surface area contributed by atoms with Crippen LogP contribution in [0.4, 0.5) is 10.5 Å². The number of nitrogens with one attached hydrogen (secondary N) is 1. The van der Waals surface area contributed by atoms with E-state index in [1.807, 2.05) is 72.8 Å². The highest BCUT2D eigenvalue weighted by Crippen LogP contribution is 2.25. The summed E-state index contributed by atoms with van der Waals surface area (Å²) in [7, 11) is 0. The van der Waals surface area contributed by atoms with Gasteiger partial charge in [0.15, 0.2) is 0 Å². The molecule has 0 radical (unpaired) electrons. The summed E-state index contributed by atoms with van der Waals surface area (Å²) in [6, 6.07) is 22.9. The van der Waals surface area contributed by atoms with Crippen molar-refractivity contribution in [2.45, 2.75) is 19.8 Å². The standard InChI is InChI=1S/C24H23ClN2O3/c25-21-9-6-18(7-10-21)16-29-17-19-8-11-23-20(14-19)15-27(12-13-30-23)24(28)26-22-4-2-1-3-5-22/h1-11,14H,12-13,15-17H2,(H,26,28). The molecule has 30 heavy (non-hydrogen) atoms. The smallest absolute Gasteiger partial charge is 0.322 e. The van der Waals surface area contributed by atoms with E-state index in [-0.39, 0.29) is 6.03 Å². The van der Waals surface area contributed by atoms with Gasteiger partial charge in [-0.2, -0.15) is 0 Å². The van der Waals surface area contributed by atoms with Crippen LogP contribution in [0.25, 0.3) is 0 Å². The third-order valence-corrected chi connectivity index (χ3v) is 5.12. The molecule has 0 bridgehead atoms. The lowest BCUT2D eigenvalue weighted by Crippen LogP contribution is -2.36. The number of hydrogen-bond acceptors (Lipinski definition) is 3. The summed E-state index contributed by atoms with van der Waals surface area (Å²) >= 11 is 5.92. The first-order valence-corrected chi connectivity index (χ1v) is 10.2. The lowest BCUT2D eigenvalue weighted by Gasteiger charge is -2.20. The fourth-order valence-corrected chi connectivity index (χ4v) is 3.43. The van der Waals surface area contributed by atoms with Gasteiger partial charge in [-0.15, -0.1) is 0 Å². The molecule has 1 heterocycles. The number of amides is 2. The molecule has 3 aromatic carbocycles. The van der Waals surface area contributed by atoms with Crippen LogP contribution >= 0.6 is 11.6 Å². The van der Waals surface area contributed by atoms with Crippen LogP contribution in [-0.4, -0.2) is 24.1 Å². The number of hydrogen-bond donors (Lipinski definition) is 1. The van der Waals surface area contributed by atoms with Gasteiger partial charge in [-0.1, -0.05) is 48.0 Å². The molecule has 1 aliphatic rings. The molecule has 6 heteroatoms. The van der Waals surface area contributed by atoms with Crippen molar-refractivity contribution < 1.29 is 14.3 Å². The zero-order valence-corrected chi connectivity index (χ0v) is 17.3. The Morgan fingerprint density at radius 3 is 2.53 bits per heavy atom. The number of para-hydroxylation sites is 1. The van der Waals surface area contributed by atoms with Crippen molar-refractivity contribution in [2.75, 3.05) is 18.5 Å². The minimum atomic E-state index is -0.137. The number of benzene rings is 3. The molecule has 0 fully saturated rings. The number of anilines is 1. The summed E-state index contributed by atoms with van der Waals surface area (Å²) < 4.78 is 11.7. The van der Waals surface area contributed by atoms with Crippen molar-refractivity contribution in [1.29, 1.82) is 0 Å². The van der Waals surface area contributed by atoms with Gasteiger partial charge < -0.3 is 19.7 Å². The van der Waals surface area contributed by atoms with Crippen molar-refractivity contribution in [3.63, 3.8) is 0 Å². The second-order valence-corrected chi connectivity index (χ2v) is 7.56. The van der Waals surface area contributed by atoms with Crippen molar-refractivity contribution in [1.82, 2.24) is 4.90 Å². The van der Waals surface area contributed by atoms with Crippen LogP contribution in [0, 0.1) is 0 Å². The number of rotatable bonds is 5. The maximum Gasteiger partial charge on any atom is 0.322 e. The van der Waals surface area contributed by atoms with Crippen molar-refractivity contribution >= 4 is 23.3 Å². The minimum Gasteiger partial charge on any atom is -0.491 e. The molecule has 154 valence electrons. The van der Waals surface area contributed by atoms with Crippen LogP contribution in [0.15, 0.2) is 72.8 Å². The number of halogens is 1. The Morgan fingerprint density at radius 1 is 1.00 bits per heavy atom. The molecule has 0 atom stereocenters. The van der Waals surface area contributed by atoms with E-state index in [0.717, 1.165) is 28.1 Å². The maximum atomic E-state index is 12.7. The second-order valence-electron chi connectivity index (χ2n) is 7.13. The summed E-state index contributed by atoms with van der Waals surface area (Å²) in [6.45, 7) is 2.46. The molecule has 0 unspecified atom stereocenters. The lowest BCUT2D eigenvalue weighted by atomic mass is 10.1. The average molecular weight is 423 g/mol. The van der Waals surface area contributed by atoms with E-state index in [2.05, 4.69) is 5.32 Å². The normalized spacial score (nSPS) is 13.2. The van der Waals surface area contributed by atoms with E-state index in [1.165, 1.54) is 0 Å². The molecule has 0 saturated heterocycles. The van der Waals surface area contributed by atoms with Gasteiger partial charge in [-0.25, -0.2) is 4.79 Å². The molecule has 0 spiro atoms. The Kier molecular flexibility index (Phi) is 6.52. The maximum absolute atomic E-state index is 12.7. The number of carbonyl (C=O) groups excluding carboxylic acids is 1. The third-order valence-electron chi connectivity index (χ3n) is 4.87. The lowest BCUT2D eigenvalue weighted by molar-refractivity contribution is 0.107. The van der Waals surface area contributed by atoms with Gasteiger partial charge in [0.2, 0.25) is 0 Å². The molecule has 3 aromatic rings. The molecule has 0 aliphatic carbocycles. The molecular formula is C24H23ClN2O3. The van der Waals surface area contributed by atoms with Gasteiger partial charge in [0.25, 0.3) is 0 Å². The summed E-state index contributed by atoms with van der Waals surface area (Å²) in [5.74, 6) is 0.812. The van der Waals surface area contributed by atoms with E-state index >= 15 is 0 Å². The Hall–Kier alpha value is -3.02. The van der Waals surface area contributed by atoms with Crippen molar-refractivity contribution in [3.8, 4) is 5.75 Å². The molecule has 4 rings (SSSR count). The van der Waals surface area contributed by atoms with Crippen LogP contribution < -0.4 is 10.1 Å². The van der Waals surface area contributed by atoms with E-state index in [9.17, 15) is 4.79 Å². The monoisotopic (exact) mass is 422 g/mol. The summed E-state index contributed by atoms with van der Waals surface area (Å²) in [6.07, 6.45) is 0. The predicted octanol–water partition coefficient (Wildman–Crippen LogP) is 5.48. The highest BCUT2D eigenvalue weighted by atomic mass is 35.5. The van der Waals surface area contributed by atoms with Gasteiger partial charge >= 0.3 is 6.03 Å².